The summed E-state index contributed by atoms with van der Waals surface area (Å²) < 4.78 is 141. The van der Waals surface area contributed by atoms with Gasteiger partial charge < -0.3 is 0 Å². The average Bonchev–Trinajstić information content (AvgIpc) is 3.25. The van der Waals surface area contributed by atoms with Crippen LogP contribution >= 0.6 is 0 Å². The van der Waals surface area contributed by atoms with Gasteiger partial charge in [0.05, 0.1) is 23.8 Å². The van der Waals surface area contributed by atoms with Gasteiger partial charge in [-0.15, -0.1) is 0 Å². The second kappa shape index (κ2) is 13.0. The Morgan fingerprint density at radius 1 is 0.483 bits per heavy atom. The lowest BCUT2D eigenvalue weighted by atomic mass is 9.80. The maximum atomic E-state index is 14.5. The highest BCUT2D eigenvalue weighted by molar-refractivity contribution is 6.43. The van der Waals surface area contributed by atoms with Gasteiger partial charge in [0.25, 0.3) is 23.6 Å². The summed E-state index contributed by atoms with van der Waals surface area (Å²) in [4.78, 5) is 60.5. The number of hydrogen-bond acceptors (Lipinski definition) is 5. The van der Waals surface area contributed by atoms with Gasteiger partial charge >= 0.3 is 0 Å². The summed E-state index contributed by atoms with van der Waals surface area (Å²) in [7, 11) is 0. The minimum Gasteiger partial charge on any atom is -0.274 e. The topological polar surface area (TPSA) is 103 Å². The zero-order chi connectivity index (χ0) is 43.0. The van der Waals surface area contributed by atoms with E-state index in [1.807, 2.05) is 6.07 Å². The van der Waals surface area contributed by atoms with Crippen molar-refractivity contribution in [2.24, 2.45) is 0 Å². The van der Waals surface area contributed by atoms with E-state index in [0.29, 0.717) is 9.80 Å². The lowest BCUT2D eigenvalue weighted by Gasteiger charge is -2.31. The number of fused-ring (bicyclic) bond motifs is 2. The molecule has 7 aromatic carbocycles. The van der Waals surface area contributed by atoms with Gasteiger partial charge in [-0.05, 0) is 64.0 Å². The fourth-order valence-electron chi connectivity index (χ4n) is 8.32. The highest BCUT2D eigenvalue weighted by Crippen LogP contribution is 2.50. The molecule has 2 aliphatic rings. The molecule has 2 aliphatic heterocycles. The van der Waals surface area contributed by atoms with Crippen molar-refractivity contribution in [3.63, 3.8) is 0 Å². The Morgan fingerprint density at radius 2 is 0.850 bits per heavy atom. The van der Waals surface area contributed by atoms with E-state index in [-0.39, 0.29) is 76.6 Å². The third kappa shape index (κ3) is 4.78. The summed E-state index contributed by atoms with van der Waals surface area (Å²) in [6, 6.07) is 9.47. The normalized spacial score (nSPS) is 13.8. The number of nitriles is 1. The van der Waals surface area contributed by atoms with E-state index < -0.39 is 119 Å². The fraction of sp³-hybridized carbons (Fsp3) is 0.0952. The van der Waals surface area contributed by atoms with Crippen LogP contribution in [-0.4, -0.2) is 46.5 Å². The van der Waals surface area contributed by atoms with Crippen molar-refractivity contribution in [2.45, 2.75) is 12.8 Å². The molecule has 60 heavy (non-hydrogen) atoms. The van der Waals surface area contributed by atoms with E-state index in [0.717, 1.165) is 12.1 Å². The monoisotopic (exact) mass is 828 g/mol. The van der Waals surface area contributed by atoms with E-state index in [1.165, 1.54) is 24.3 Å². The van der Waals surface area contributed by atoms with E-state index in [2.05, 4.69) is 4.85 Å². The molecule has 0 aliphatic carbocycles. The summed E-state index contributed by atoms with van der Waals surface area (Å²) in [6.45, 7) is 6.38. The van der Waals surface area contributed by atoms with Crippen LogP contribution in [0.1, 0.15) is 58.1 Å². The van der Waals surface area contributed by atoms with Crippen LogP contribution in [-0.2, 0) is 12.8 Å². The van der Waals surface area contributed by atoms with Gasteiger partial charge in [0, 0.05) is 57.1 Å². The van der Waals surface area contributed by atoms with Crippen molar-refractivity contribution in [1.29, 1.82) is 5.26 Å². The van der Waals surface area contributed by atoms with Crippen molar-refractivity contribution in [1.82, 2.24) is 9.80 Å². The molecule has 8 nitrogen and oxygen atoms in total. The molecule has 2 heterocycles. The average molecular weight is 829 g/mol. The van der Waals surface area contributed by atoms with Gasteiger partial charge in [-0.25, -0.2) is 48.7 Å². The Labute approximate surface area is 327 Å². The molecule has 9 rings (SSSR count). The number of rotatable bonds is 6. The molecule has 0 N–H and O–H groups in total. The molecule has 0 fully saturated rings. The highest BCUT2D eigenvalue weighted by Gasteiger charge is 2.39. The van der Waals surface area contributed by atoms with Crippen molar-refractivity contribution >= 4 is 72.4 Å². The van der Waals surface area contributed by atoms with Crippen molar-refractivity contribution in [2.75, 3.05) is 13.1 Å². The molecular weight excluding hydrogens is 814 g/mol. The van der Waals surface area contributed by atoms with Crippen LogP contribution in [0.2, 0.25) is 0 Å². The number of carbonyl (C=O) groups excluding carboxylic acids is 4. The lowest BCUT2D eigenvalue weighted by molar-refractivity contribution is 0.0596. The Morgan fingerprint density at radius 3 is 1.27 bits per heavy atom. The van der Waals surface area contributed by atoms with E-state index in [9.17, 15) is 68.3 Å². The minimum atomic E-state index is -2.40. The number of amides is 4. The molecule has 0 saturated heterocycles. The number of imide groups is 2. The molecular formula is C42H14F10N4O4. The quantitative estimate of drug-likeness (QED) is 0.0317. The van der Waals surface area contributed by atoms with Gasteiger partial charge in [0.15, 0.2) is 52.2 Å². The van der Waals surface area contributed by atoms with Crippen molar-refractivity contribution in [3.8, 4) is 6.07 Å². The largest absolute Gasteiger partial charge is 0.274 e. The van der Waals surface area contributed by atoms with Gasteiger partial charge in [-0.3, -0.25) is 29.0 Å². The molecule has 296 valence electrons. The molecule has 0 unspecified atom stereocenters. The smallest absolute Gasteiger partial charge is 0.261 e. The molecule has 4 amide bonds. The fourth-order valence-corrected chi connectivity index (χ4v) is 8.32. The molecule has 7 aromatic rings. The minimum absolute atomic E-state index is 0.00761. The number of halogens is 10. The van der Waals surface area contributed by atoms with Crippen LogP contribution in [0.25, 0.3) is 47.9 Å². The van der Waals surface area contributed by atoms with Crippen LogP contribution in [0, 0.1) is 76.1 Å². The molecule has 0 radical (unpaired) electrons. The third-order valence-electron chi connectivity index (χ3n) is 11.0. The summed E-state index contributed by atoms with van der Waals surface area (Å²) in [6.07, 6.45) is -1.96. The summed E-state index contributed by atoms with van der Waals surface area (Å²) in [5.74, 6) is -26.5. The summed E-state index contributed by atoms with van der Waals surface area (Å²) >= 11 is 0. The lowest BCUT2D eigenvalue weighted by Crippen LogP contribution is -2.42. The SMILES string of the molecule is [C-]#[N+]c1cc2c3c(ccc4c5c(C#N)cc6c7c(ccc(c1c34)c75)C(=O)N(CCc1c(F)c(F)c(F)c(F)c1F)C6=O)C(=O)N(CCc1c(F)c(F)c(F)c(F)c1F)C2=O. The maximum Gasteiger partial charge on any atom is 0.261 e. The van der Waals surface area contributed by atoms with Crippen LogP contribution in [0.4, 0.5) is 49.6 Å². The first-order valence-corrected chi connectivity index (χ1v) is 17.3. The van der Waals surface area contributed by atoms with Crippen molar-refractivity contribution < 1.29 is 63.1 Å². The van der Waals surface area contributed by atoms with Gasteiger partial charge in [-0.1, -0.05) is 12.1 Å². The van der Waals surface area contributed by atoms with Crippen LogP contribution in [0.15, 0.2) is 36.4 Å². The van der Waals surface area contributed by atoms with Crippen molar-refractivity contribution in [3.05, 3.63) is 145 Å². The van der Waals surface area contributed by atoms with E-state index >= 15 is 0 Å². The highest BCUT2D eigenvalue weighted by atomic mass is 19.2. The Hall–Kier alpha value is -7.60. The first-order chi connectivity index (χ1) is 28.5. The zero-order valence-corrected chi connectivity index (χ0v) is 29.5. The van der Waals surface area contributed by atoms with Gasteiger partial charge in [0.2, 0.25) is 11.6 Å². The first kappa shape index (κ1) is 37.9. The molecule has 0 spiro atoms. The predicted octanol–water partition coefficient (Wildman–Crippen LogP) is 9.23. The standard InChI is InChI=1S/C42H14F10N4O4/c1-54-22-11-21-25-17(40(58)56(42(21)60)9-7-19-31(45)35(49)38(52)36(50)32(19)46)4-2-14-23-13(12-53)10-20-24-16(5-3-15(27(23)24)26(22)28(14)25)39(57)55(41(20)59)8-6-18-29(43)33(47)37(51)34(48)30(18)44/h2-5,10-11H,6-9H2. The van der Waals surface area contributed by atoms with Gasteiger partial charge in [-0.2, -0.15) is 5.26 Å². The molecule has 0 saturated carbocycles. The Balaban J connectivity index is 1.20. The first-order valence-electron chi connectivity index (χ1n) is 17.3. The third-order valence-corrected chi connectivity index (χ3v) is 11.0. The Bertz CT molecular complexity index is 3080. The number of hydrogen-bond donors (Lipinski definition) is 0. The number of nitrogens with zero attached hydrogens (tertiary/aromatic N) is 4. The van der Waals surface area contributed by atoms with E-state index in [4.69, 9.17) is 6.57 Å². The molecule has 0 atom stereocenters. The second-order valence-corrected chi connectivity index (χ2v) is 13.8. The second-order valence-electron chi connectivity index (χ2n) is 13.8. The maximum absolute atomic E-state index is 14.5. The predicted molar refractivity (Wildman–Crippen MR) is 189 cm³/mol. The molecule has 0 aromatic heterocycles. The number of carbonyl (C=O) groups is 4. The van der Waals surface area contributed by atoms with E-state index in [1.54, 1.807) is 0 Å². The van der Waals surface area contributed by atoms with Crippen LogP contribution in [0.5, 0.6) is 0 Å². The summed E-state index contributed by atoms with van der Waals surface area (Å²) in [5, 5.41) is 11.3. The molecule has 18 heteroatoms. The summed E-state index contributed by atoms with van der Waals surface area (Å²) in [5.41, 5.74) is -3.78. The van der Waals surface area contributed by atoms with Crippen LogP contribution < -0.4 is 0 Å². The number of benzene rings is 7. The van der Waals surface area contributed by atoms with Gasteiger partial charge in [0.1, 0.15) is 0 Å². The Kier molecular flexibility index (Phi) is 8.19. The molecule has 0 bridgehead atoms. The zero-order valence-electron chi connectivity index (χ0n) is 29.5. The van der Waals surface area contributed by atoms with Crippen LogP contribution in [0.3, 0.4) is 0 Å².